The average molecular weight is 475 g/mol. The third-order valence-corrected chi connectivity index (χ3v) is 5.91. The Morgan fingerprint density at radius 3 is 2.54 bits per heavy atom. The Hall–Kier alpha value is -4.53. The van der Waals surface area contributed by atoms with Gasteiger partial charge < -0.3 is 30.0 Å². The number of anilines is 1. The second kappa shape index (κ2) is 9.76. The lowest BCUT2D eigenvalue weighted by Gasteiger charge is -2.19. The molecule has 0 aliphatic rings. The monoisotopic (exact) mass is 474 g/mol. The number of amides is 2. The summed E-state index contributed by atoms with van der Waals surface area (Å²) < 4.78 is 3.35. The maximum absolute atomic E-state index is 12.7. The molecule has 0 radical (unpaired) electrons. The molecule has 9 heteroatoms. The van der Waals surface area contributed by atoms with Gasteiger partial charge in [-0.2, -0.15) is 0 Å². The SMILES string of the molecule is CCn1ccc2ccc(-c3cccc([C@H](CC(=O)O)NC(=O)Nc4c(O)ccn(C)c4=O)c3)cc21. The van der Waals surface area contributed by atoms with Crippen molar-refractivity contribution < 1.29 is 19.8 Å². The average Bonchev–Trinajstić information content (AvgIpc) is 3.26. The van der Waals surface area contributed by atoms with Crippen LogP contribution in [0.2, 0.25) is 0 Å². The number of aryl methyl sites for hydroxylation is 2. The number of carbonyl (C=O) groups excluding carboxylic acids is 1. The van der Waals surface area contributed by atoms with Crippen LogP contribution in [-0.4, -0.2) is 31.3 Å². The van der Waals surface area contributed by atoms with E-state index in [1.54, 1.807) is 12.1 Å². The van der Waals surface area contributed by atoms with E-state index < -0.39 is 23.6 Å². The number of aromatic nitrogens is 2. The molecule has 0 saturated carbocycles. The van der Waals surface area contributed by atoms with Crippen molar-refractivity contribution in [1.29, 1.82) is 0 Å². The molecule has 0 bridgehead atoms. The molecule has 0 spiro atoms. The van der Waals surface area contributed by atoms with Gasteiger partial charge in [0.1, 0.15) is 5.75 Å². The van der Waals surface area contributed by atoms with Gasteiger partial charge in [0, 0.05) is 31.5 Å². The van der Waals surface area contributed by atoms with Crippen LogP contribution in [0.15, 0.2) is 71.8 Å². The van der Waals surface area contributed by atoms with E-state index in [9.17, 15) is 24.6 Å². The molecule has 0 aliphatic heterocycles. The van der Waals surface area contributed by atoms with Crippen LogP contribution in [0.25, 0.3) is 22.0 Å². The van der Waals surface area contributed by atoms with E-state index >= 15 is 0 Å². The van der Waals surface area contributed by atoms with Gasteiger partial charge >= 0.3 is 12.0 Å². The number of fused-ring (bicyclic) bond motifs is 1. The van der Waals surface area contributed by atoms with Crippen molar-refractivity contribution >= 4 is 28.6 Å². The third kappa shape index (κ3) is 5.03. The lowest BCUT2D eigenvalue weighted by atomic mass is 9.97. The van der Waals surface area contributed by atoms with Gasteiger partial charge in [-0.3, -0.25) is 9.59 Å². The second-order valence-corrected chi connectivity index (χ2v) is 8.24. The first-order valence-electron chi connectivity index (χ1n) is 11.1. The molecule has 2 aromatic heterocycles. The molecule has 2 aromatic carbocycles. The predicted molar refractivity (Wildman–Crippen MR) is 134 cm³/mol. The topological polar surface area (TPSA) is 126 Å². The van der Waals surface area contributed by atoms with Gasteiger partial charge in [0.05, 0.1) is 12.5 Å². The smallest absolute Gasteiger partial charge is 0.319 e. The summed E-state index contributed by atoms with van der Waals surface area (Å²) in [6.07, 6.45) is 3.04. The third-order valence-electron chi connectivity index (χ3n) is 5.91. The highest BCUT2D eigenvalue weighted by atomic mass is 16.4. The highest BCUT2D eigenvalue weighted by molar-refractivity contribution is 5.91. The molecule has 180 valence electrons. The van der Waals surface area contributed by atoms with Crippen LogP contribution in [-0.2, 0) is 18.4 Å². The minimum Gasteiger partial charge on any atom is -0.505 e. The fraction of sp³-hybridized carbons (Fsp3) is 0.192. The lowest BCUT2D eigenvalue weighted by molar-refractivity contribution is -0.137. The standard InChI is InChI=1S/C26H26N4O5/c1-3-30-12-9-16-7-8-18(14-21(16)30)17-5-4-6-19(13-17)20(15-23(32)33)27-26(35)28-24-22(31)10-11-29(2)25(24)34/h4-14,20,31H,3,15H2,1-2H3,(H,32,33)(H2,27,28,35)/t20-/m0/s1. The number of carbonyl (C=O) groups is 2. The Morgan fingerprint density at radius 1 is 1.03 bits per heavy atom. The summed E-state index contributed by atoms with van der Waals surface area (Å²) in [6, 6.07) is 15.1. The van der Waals surface area contributed by atoms with Gasteiger partial charge in [-0.05, 0) is 53.3 Å². The predicted octanol–water partition coefficient (Wildman–Crippen LogP) is 4.07. The summed E-state index contributed by atoms with van der Waals surface area (Å²) >= 11 is 0. The van der Waals surface area contributed by atoms with Crippen LogP contribution < -0.4 is 16.2 Å². The number of rotatable bonds is 7. The van der Waals surface area contributed by atoms with Crippen molar-refractivity contribution in [2.45, 2.75) is 25.9 Å². The van der Waals surface area contributed by atoms with E-state index in [4.69, 9.17) is 0 Å². The normalized spacial score (nSPS) is 11.8. The Morgan fingerprint density at radius 2 is 1.80 bits per heavy atom. The number of aliphatic carboxylic acids is 1. The Labute approximate surface area is 201 Å². The van der Waals surface area contributed by atoms with Crippen LogP contribution in [0.5, 0.6) is 5.75 Å². The van der Waals surface area contributed by atoms with Gasteiger partial charge in [0.15, 0.2) is 5.69 Å². The molecule has 0 fully saturated rings. The first-order chi connectivity index (χ1) is 16.8. The Balaban J connectivity index is 1.62. The molecule has 2 heterocycles. The summed E-state index contributed by atoms with van der Waals surface area (Å²) in [5.74, 6) is -1.48. The maximum atomic E-state index is 12.7. The zero-order chi connectivity index (χ0) is 25.1. The van der Waals surface area contributed by atoms with Crippen LogP contribution >= 0.6 is 0 Å². The molecule has 35 heavy (non-hydrogen) atoms. The number of carboxylic acid groups (broad SMARTS) is 1. The molecular weight excluding hydrogens is 448 g/mol. The van der Waals surface area contributed by atoms with Gasteiger partial charge in [-0.25, -0.2) is 4.79 Å². The molecular formula is C26H26N4O5. The van der Waals surface area contributed by atoms with E-state index in [-0.39, 0.29) is 17.9 Å². The number of carboxylic acids is 1. The van der Waals surface area contributed by atoms with Crippen molar-refractivity contribution in [3.8, 4) is 16.9 Å². The summed E-state index contributed by atoms with van der Waals surface area (Å²) in [5.41, 5.74) is 2.64. The number of hydrogen-bond acceptors (Lipinski definition) is 4. The molecule has 2 amide bonds. The van der Waals surface area contributed by atoms with Gasteiger partial charge in [-0.15, -0.1) is 0 Å². The first-order valence-corrected chi connectivity index (χ1v) is 11.1. The molecule has 4 rings (SSSR count). The van der Waals surface area contributed by atoms with Crippen molar-refractivity contribution in [2.24, 2.45) is 7.05 Å². The zero-order valence-electron chi connectivity index (χ0n) is 19.4. The van der Waals surface area contributed by atoms with E-state index in [1.165, 1.54) is 23.9 Å². The molecule has 4 aromatic rings. The summed E-state index contributed by atoms with van der Waals surface area (Å²) in [7, 11) is 1.48. The molecule has 0 aliphatic carbocycles. The van der Waals surface area contributed by atoms with Crippen molar-refractivity contribution in [3.63, 3.8) is 0 Å². The largest absolute Gasteiger partial charge is 0.505 e. The zero-order valence-corrected chi connectivity index (χ0v) is 19.4. The van der Waals surface area contributed by atoms with Gasteiger partial charge in [0.2, 0.25) is 0 Å². The molecule has 0 saturated heterocycles. The van der Waals surface area contributed by atoms with E-state index in [1.807, 2.05) is 30.5 Å². The highest BCUT2D eigenvalue weighted by Crippen LogP contribution is 2.28. The summed E-state index contributed by atoms with van der Waals surface area (Å²) in [5, 5.41) is 25.5. The van der Waals surface area contributed by atoms with E-state index in [0.717, 1.165) is 28.6 Å². The summed E-state index contributed by atoms with van der Waals surface area (Å²) in [4.78, 5) is 36.5. The Bertz CT molecular complexity index is 1470. The number of aromatic hydroxyl groups is 1. The van der Waals surface area contributed by atoms with Crippen LogP contribution in [0.4, 0.5) is 10.5 Å². The van der Waals surface area contributed by atoms with Crippen molar-refractivity contribution in [2.75, 3.05) is 5.32 Å². The van der Waals surface area contributed by atoms with Crippen LogP contribution in [0.3, 0.4) is 0 Å². The quantitative estimate of drug-likeness (QED) is 0.321. The van der Waals surface area contributed by atoms with E-state index in [2.05, 4.69) is 34.3 Å². The minimum atomic E-state index is -1.10. The number of pyridine rings is 1. The number of urea groups is 1. The molecule has 4 N–H and O–H groups in total. The highest BCUT2D eigenvalue weighted by Gasteiger charge is 2.20. The van der Waals surface area contributed by atoms with Crippen LogP contribution in [0, 0.1) is 0 Å². The van der Waals surface area contributed by atoms with Crippen LogP contribution in [0.1, 0.15) is 24.9 Å². The maximum Gasteiger partial charge on any atom is 0.319 e. The molecule has 1 atom stereocenters. The molecule has 0 unspecified atom stereocenters. The number of nitrogens with one attached hydrogen (secondary N) is 2. The van der Waals surface area contributed by atoms with E-state index in [0.29, 0.717) is 5.56 Å². The fourth-order valence-electron chi connectivity index (χ4n) is 4.05. The fourth-order valence-corrected chi connectivity index (χ4v) is 4.05. The number of nitrogens with zero attached hydrogens (tertiary/aromatic N) is 2. The second-order valence-electron chi connectivity index (χ2n) is 8.24. The summed E-state index contributed by atoms with van der Waals surface area (Å²) in [6.45, 7) is 2.91. The van der Waals surface area contributed by atoms with Crippen molar-refractivity contribution in [1.82, 2.24) is 14.5 Å². The number of benzene rings is 2. The minimum absolute atomic E-state index is 0.289. The Kier molecular flexibility index (Phi) is 6.59. The number of hydrogen-bond donors (Lipinski definition) is 4. The molecule has 9 nitrogen and oxygen atoms in total. The van der Waals surface area contributed by atoms with Crippen molar-refractivity contribution in [3.05, 3.63) is 82.9 Å². The van der Waals surface area contributed by atoms with Gasteiger partial charge in [0.25, 0.3) is 5.56 Å². The lowest BCUT2D eigenvalue weighted by Crippen LogP contribution is -2.35. The van der Waals surface area contributed by atoms with Gasteiger partial charge in [-0.1, -0.05) is 30.3 Å². The first kappa shape index (κ1) is 23.6.